The van der Waals surface area contributed by atoms with Crippen molar-refractivity contribution in [2.24, 2.45) is 0 Å². The number of allylic oxidation sites excluding steroid dienone is 1. The lowest BCUT2D eigenvalue weighted by molar-refractivity contribution is -0.136. The first kappa shape index (κ1) is 24.7. The van der Waals surface area contributed by atoms with Gasteiger partial charge in [0, 0.05) is 5.70 Å². The third kappa shape index (κ3) is 5.14. The number of benzene rings is 2. The Hall–Kier alpha value is -3.46. The zero-order valence-corrected chi connectivity index (χ0v) is 21.4. The van der Waals surface area contributed by atoms with Crippen LogP contribution >= 0.6 is 11.8 Å². The minimum absolute atomic E-state index is 0.427. The van der Waals surface area contributed by atoms with E-state index in [9.17, 15) is 4.79 Å². The average molecular weight is 495 g/mol. The highest BCUT2D eigenvalue weighted by atomic mass is 32.2. The molecule has 35 heavy (non-hydrogen) atoms. The fourth-order valence-corrected chi connectivity index (χ4v) is 4.57. The number of esters is 1. The van der Waals surface area contributed by atoms with Gasteiger partial charge in [0.05, 0.1) is 19.3 Å². The van der Waals surface area contributed by atoms with Crippen LogP contribution in [-0.4, -0.2) is 40.2 Å². The molecule has 1 unspecified atom stereocenters. The number of hydrogen-bond acceptors (Lipinski definition) is 8. The van der Waals surface area contributed by atoms with Crippen LogP contribution in [-0.2, 0) is 16.1 Å². The van der Waals surface area contributed by atoms with Crippen molar-refractivity contribution < 1.29 is 19.0 Å². The van der Waals surface area contributed by atoms with E-state index in [1.54, 1.807) is 4.68 Å². The van der Waals surface area contributed by atoms with Crippen molar-refractivity contribution in [2.45, 2.75) is 45.5 Å². The van der Waals surface area contributed by atoms with E-state index in [2.05, 4.69) is 28.4 Å². The average Bonchev–Trinajstić information content (AvgIpc) is 3.25. The summed E-state index contributed by atoms with van der Waals surface area (Å²) in [5.41, 5.74) is 4.23. The van der Waals surface area contributed by atoms with Gasteiger partial charge in [-0.1, -0.05) is 49.0 Å². The van der Waals surface area contributed by atoms with Gasteiger partial charge in [-0.15, -0.1) is 5.10 Å². The van der Waals surface area contributed by atoms with E-state index >= 15 is 0 Å². The first-order chi connectivity index (χ1) is 17.0. The lowest BCUT2D eigenvalue weighted by Crippen LogP contribution is -2.29. The molecule has 1 atom stereocenters. The van der Waals surface area contributed by atoms with E-state index in [1.807, 2.05) is 57.2 Å². The number of rotatable bonds is 9. The van der Waals surface area contributed by atoms with E-state index in [0.717, 1.165) is 16.9 Å². The number of hydrogen-bond donors (Lipinski definition) is 1. The molecule has 2 aromatic carbocycles. The maximum absolute atomic E-state index is 12.8. The second-order valence-corrected chi connectivity index (χ2v) is 9.24. The lowest BCUT2D eigenvalue weighted by Gasteiger charge is -2.28. The van der Waals surface area contributed by atoms with Gasteiger partial charge < -0.3 is 19.5 Å². The number of carbonyl (C=O) groups is 1. The van der Waals surface area contributed by atoms with Gasteiger partial charge in [0.1, 0.15) is 12.6 Å². The molecule has 0 saturated heterocycles. The summed E-state index contributed by atoms with van der Waals surface area (Å²) in [7, 11) is 1.38. The summed E-state index contributed by atoms with van der Waals surface area (Å²) in [5, 5.41) is 8.51. The zero-order chi connectivity index (χ0) is 24.9. The second kappa shape index (κ2) is 10.9. The number of carbonyl (C=O) groups excluding carboxylic acids is 1. The highest BCUT2D eigenvalue weighted by molar-refractivity contribution is 7.99. The molecule has 0 amide bonds. The van der Waals surface area contributed by atoms with Gasteiger partial charge in [0.25, 0.3) is 0 Å². The Balaban J connectivity index is 1.74. The largest absolute Gasteiger partial charge is 0.490 e. The number of nitrogens with one attached hydrogen (secondary N) is 1. The van der Waals surface area contributed by atoms with Crippen LogP contribution in [0.4, 0.5) is 5.95 Å². The summed E-state index contributed by atoms with van der Waals surface area (Å²) in [5.74, 6) is 2.22. The third-order valence-corrected chi connectivity index (χ3v) is 6.46. The maximum Gasteiger partial charge on any atom is 0.338 e. The smallest absolute Gasteiger partial charge is 0.338 e. The molecular formula is C26H30N4O4S. The molecule has 0 radical (unpaired) electrons. The van der Waals surface area contributed by atoms with Gasteiger partial charge in [-0.05, 0) is 55.3 Å². The van der Waals surface area contributed by atoms with E-state index in [-0.39, 0.29) is 0 Å². The van der Waals surface area contributed by atoms with E-state index in [4.69, 9.17) is 14.2 Å². The second-order valence-electron chi connectivity index (χ2n) is 8.01. The summed E-state index contributed by atoms with van der Waals surface area (Å²) in [6.45, 7) is 8.77. The maximum atomic E-state index is 12.8. The van der Waals surface area contributed by atoms with Crippen LogP contribution in [0.15, 0.2) is 58.9 Å². The minimum Gasteiger partial charge on any atom is -0.490 e. The van der Waals surface area contributed by atoms with E-state index in [1.165, 1.54) is 24.4 Å². The normalized spacial score (nSPS) is 14.8. The van der Waals surface area contributed by atoms with Crippen LogP contribution in [0.5, 0.6) is 11.5 Å². The molecule has 1 aliphatic heterocycles. The Labute approximate surface area is 209 Å². The van der Waals surface area contributed by atoms with Gasteiger partial charge in [-0.2, -0.15) is 4.98 Å². The van der Waals surface area contributed by atoms with Crippen LogP contribution in [0.25, 0.3) is 0 Å². The Morgan fingerprint density at radius 3 is 2.63 bits per heavy atom. The number of aryl methyl sites for hydroxylation is 1. The van der Waals surface area contributed by atoms with Gasteiger partial charge in [0.2, 0.25) is 11.1 Å². The third-order valence-electron chi connectivity index (χ3n) is 5.74. The van der Waals surface area contributed by atoms with Crippen LogP contribution in [0.2, 0.25) is 0 Å². The van der Waals surface area contributed by atoms with Crippen molar-refractivity contribution in [3.63, 3.8) is 0 Å². The molecule has 2 heterocycles. The number of anilines is 1. The topological polar surface area (TPSA) is 87.5 Å². The first-order valence-electron chi connectivity index (χ1n) is 11.6. The van der Waals surface area contributed by atoms with Crippen LogP contribution in [0, 0.1) is 6.92 Å². The van der Waals surface area contributed by atoms with Crippen molar-refractivity contribution in [1.29, 1.82) is 0 Å². The number of thioether (sulfide) groups is 1. The molecule has 1 N–H and O–H groups in total. The first-order valence-corrected chi connectivity index (χ1v) is 12.5. The van der Waals surface area contributed by atoms with Gasteiger partial charge in [-0.25, -0.2) is 9.48 Å². The number of aromatic nitrogens is 3. The molecule has 4 rings (SSSR count). The van der Waals surface area contributed by atoms with E-state index in [0.29, 0.717) is 47.1 Å². The van der Waals surface area contributed by atoms with Gasteiger partial charge >= 0.3 is 5.97 Å². The fourth-order valence-electron chi connectivity index (χ4n) is 4.01. The number of methoxy groups -OCH3 is 1. The fraction of sp³-hybridized carbons (Fsp3) is 0.346. The Morgan fingerprint density at radius 1 is 1.11 bits per heavy atom. The SMILES string of the molecule is CCOc1cc(C2C(C(=O)OC)=C(C)Nc3nc(SCC)nn32)ccc1OCc1ccccc1C. The number of ether oxygens (including phenoxy) is 3. The molecule has 3 aromatic rings. The highest BCUT2D eigenvalue weighted by Gasteiger charge is 2.35. The molecule has 1 aliphatic rings. The Morgan fingerprint density at radius 2 is 1.91 bits per heavy atom. The highest BCUT2D eigenvalue weighted by Crippen LogP contribution is 2.40. The van der Waals surface area contributed by atoms with Crippen molar-refractivity contribution in [1.82, 2.24) is 14.8 Å². The summed E-state index contributed by atoms with van der Waals surface area (Å²) >= 11 is 1.54. The number of fused-ring (bicyclic) bond motifs is 1. The summed E-state index contributed by atoms with van der Waals surface area (Å²) in [6, 6.07) is 13.3. The Kier molecular flexibility index (Phi) is 7.65. The molecule has 0 fully saturated rings. The van der Waals surface area contributed by atoms with Crippen molar-refractivity contribution in [2.75, 3.05) is 24.8 Å². The van der Waals surface area contributed by atoms with Crippen LogP contribution < -0.4 is 14.8 Å². The van der Waals surface area contributed by atoms with Crippen LogP contribution in [0.1, 0.15) is 43.5 Å². The molecule has 8 nitrogen and oxygen atoms in total. The molecule has 184 valence electrons. The predicted molar refractivity (Wildman–Crippen MR) is 136 cm³/mol. The predicted octanol–water partition coefficient (Wildman–Crippen LogP) is 5.14. The van der Waals surface area contributed by atoms with Gasteiger partial charge in [0.15, 0.2) is 11.5 Å². The number of nitrogens with zero attached hydrogens (tertiary/aromatic N) is 3. The lowest BCUT2D eigenvalue weighted by atomic mass is 9.95. The van der Waals surface area contributed by atoms with E-state index < -0.39 is 12.0 Å². The zero-order valence-electron chi connectivity index (χ0n) is 20.6. The molecule has 1 aromatic heterocycles. The standard InChI is InChI=1S/C26H30N4O4S/c1-6-33-21-14-18(12-13-20(21)34-15-19-11-9-8-10-16(19)3)23-22(24(31)32-5)17(4)27-25-28-26(35-7-2)29-30(23)25/h8-14,23H,6-7,15H2,1-5H3,(H,27,28,29). The van der Waals surface area contributed by atoms with Crippen LogP contribution in [0.3, 0.4) is 0 Å². The summed E-state index contributed by atoms with van der Waals surface area (Å²) < 4.78 is 18.9. The molecule has 0 saturated carbocycles. The van der Waals surface area contributed by atoms with Crippen molar-refractivity contribution in [3.05, 3.63) is 70.4 Å². The quantitative estimate of drug-likeness (QED) is 0.323. The summed E-state index contributed by atoms with van der Waals surface area (Å²) in [6.07, 6.45) is 0. The molecule has 0 spiro atoms. The minimum atomic E-state index is -0.526. The monoisotopic (exact) mass is 494 g/mol. The molecule has 0 bridgehead atoms. The molecular weight excluding hydrogens is 464 g/mol. The van der Waals surface area contributed by atoms with Gasteiger partial charge in [-0.3, -0.25) is 0 Å². The Bertz CT molecular complexity index is 1250. The molecule has 9 heteroatoms. The van der Waals surface area contributed by atoms with Crippen molar-refractivity contribution >= 4 is 23.7 Å². The summed E-state index contributed by atoms with van der Waals surface area (Å²) in [4.78, 5) is 17.4. The molecule has 0 aliphatic carbocycles. The van der Waals surface area contributed by atoms with Crippen molar-refractivity contribution in [3.8, 4) is 11.5 Å².